The van der Waals surface area contributed by atoms with E-state index in [1.54, 1.807) is 0 Å². The molecule has 22 heteroatoms. The van der Waals surface area contributed by atoms with Gasteiger partial charge in [0.25, 0.3) is 67.5 Å². The van der Waals surface area contributed by atoms with Crippen molar-refractivity contribution >= 4 is 79.1 Å². The summed E-state index contributed by atoms with van der Waals surface area (Å²) in [4.78, 5) is 142. The maximum atomic E-state index is 15.3. The van der Waals surface area contributed by atoms with Gasteiger partial charge in [-0.1, -0.05) is 24.3 Å². The van der Waals surface area contributed by atoms with Crippen molar-refractivity contribution in [2.45, 2.75) is 9.79 Å². The first-order chi connectivity index (χ1) is 28.2. The summed E-state index contributed by atoms with van der Waals surface area (Å²) in [5, 5.41) is 0. The van der Waals surface area contributed by atoms with Gasteiger partial charge in [0.1, 0.15) is 22.8 Å². The summed E-state index contributed by atoms with van der Waals surface area (Å²) in [6.07, 6.45) is 0. The Morgan fingerprint density at radius 3 is 0.767 bits per heavy atom. The Morgan fingerprint density at radius 2 is 0.533 bits per heavy atom. The Labute approximate surface area is 333 Å². The van der Waals surface area contributed by atoms with E-state index in [-0.39, 0.29) is 41.9 Å². The van der Waals surface area contributed by atoms with Crippen LogP contribution in [0.4, 0.5) is 0 Å². The number of rotatable bonds is 6. The van der Waals surface area contributed by atoms with E-state index in [2.05, 4.69) is 0 Å². The second-order valence-electron chi connectivity index (χ2n) is 13.3. The summed E-state index contributed by atoms with van der Waals surface area (Å²) >= 11 is 0. The maximum absolute atomic E-state index is 15.3. The van der Waals surface area contributed by atoms with E-state index < -0.39 is 134 Å². The van der Waals surface area contributed by atoms with Gasteiger partial charge in [0.15, 0.2) is 0 Å². The summed E-state index contributed by atoms with van der Waals surface area (Å²) in [6.45, 7) is 0. The smallest absolute Gasteiger partial charge is 0.285 e. The van der Waals surface area contributed by atoms with Crippen LogP contribution in [0.25, 0.3) is 0 Å². The lowest BCUT2D eigenvalue weighted by atomic mass is 9.94. The molecule has 0 atom stereocenters. The highest BCUT2D eigenvalue weighted by molar-refractivity contribution is 7.86. The van der Waals surface area contributed by atoms with Crippen LogP contribution < -0.4 is 0 Å². The van der Waals surface area contributed by atoms with Gasteiger partial charge in [-0.05, 0) is 60.7 Å². The number of fused-ring (bicyclic) bond motifs is 4. The topological polar surface area (TPSA) is 292 Å². The van der Waals surface area contributed by atoms with Crippen molar-refractivity contribution in [2.75, 3.05) is 0 Å². The molecular formula is C38H16N4O16S2. The SMILES string of the molecule is O=C1C(N2C(=O)c3ccccc3C2=O)=C(N2C(=O)c3ccccc3C2=O)C(=O)C(N2C(=O)c3ccc(S(=O)(=O)O)cc3C2=O)=C1N1C(=O)c2ccc(S(=O)(=O)O)cc2C1=O. The Bertz CT molecular complexity index is 2990. The third kappa shape index (κ3) is 4.95. The van der Waals surface area contributed by atoms with Gasteiger partial charge in [-0.15, -0.1) is 0 Å². The number of carbonyl (C=O) groups is 10. The average molecular weight is 849 g/mol. The van der Waals surface area contributed by atoms with Crippen LogP contribution in [0.3, 0.4) is 0 Å². The molecule has 4 aromatic carbocycles. The highest BCUT2D eigenvalue weighted by Gasteiger charge is 2.57. The molecule has 0 saturated carbocycles. The van der Waals surface area contributed by atoms with Crippen LogP contribution in [0.2, 0.25) is 0 Å². The van der Waals surface area contributed by atoms with Gasteiger partial charge in [-0.2, -0.15) is 16.8 Å². The minimum absolute atomic E-state index is 0.0709. The molecule has 20 nitrogen and oxygen atoms in total. The van der Waals surface area contributed by atoms with Crippen molar-refractivity contribution in [2.24, 2.45) is 0 Å². The molecule has 2 N–H and O–H groups in total. The predicted octanol–water partition coefficient (Wildman–Crippen LogP) is 1.24. The van der Waals surface area contributed by atoms with Crippen LogP contribution in [-0.2, 0) is 29.8 Å². The van der Waals surface area contributed by atoms with Crippen LogP contribution in [0.1, 0.15) is 82.9 Å². The van der Waals surface area contributed by atoms with Gasteiger partial charge in [-0.3, -0.25) is 57.1 Å². The predicted molar refractivity (Wildman–Crippen MR) is 191 cm³/mol. The molecule has 5 aliphatic rings. The fourth-order valence-corrected chi connectivity index (χ4v) is 8.45. The third-order valence-corrected chi connectivity index (χ3v) is 11.8. The Morgan fingerprint density at radius 1 is 0.317 bits per heavy atom. The molecule has 1 aliphatic carbocycles. The van der Waals surface area contributed by atoms with E-state index in [1.165, 1.54) is 24.3 Å². The van der Waals surface area contributed by atoms with Crippen LogP contribution in [0, 0.1) is 0 Å². The number of ketones is 2. The van der Waals surface area contributed by atoms with E-state index >= 15 is 9.59 Å². The zero-order chi connectivity index (χ0) is 43.1. The average Bonchev–Trinajstić information content (AvgIpc) is 3.81. The molecule has 4 heterocycles. The van der Waals surface area contributed by atoms with Crippen molar-refractivity contribution in [3.8, 4) is 0 Å². The number of nitrogens with zero attached hydrogens (tertiary/aromatic N) is 4. The maximum Gasteiger partial charge on any atom is 0.294 e. The van der Waals surface area contributed by atoms with E-state index in [4.69, 9.17) is 0 Å². The van der Waals surface area contributed by atoms with E-state index in [1.807, 2.05) is 0 Å². The highest BCUT2D eigenvalue weighted by Crippen LogP contribution is 2.43. The monoisotopic (exact) mass is 848 g/mol. The second-order valence-corrected chi connectivity index (χ2v) is 16.1. The lowest BCUT2D eigenvalue weighted by molar-refractivity contribution is -0.119. The van der Waals surface area contributed by atoms with E-state index in [0.29, 0.717) is 24.3 Å². The molecule has 60 heavy (non-hydrogen) atoms. The van der Waals surface area contributed by atoms with Gasteiger partial charge >= 0.3 is 0 Å². The number of hydrogen-bond acceptors (Lipinski definition) is 14. The number of imide groups is 4. The number of hydrogen-bond donors (Lipinski definition) is 2. The largest absolute Gasteiger partial charge is 0.294 e. The fourth-order valence-electron chi connectivity index (χ4n) is 7.44. The minimum Gasteiger partial charge on any atom is -0.285 e. The summed E-state index contributed by atoms with van der Waals surface area (Å²) in [5.74, 6) is -15.2. The molecule has 0 radical (unpaired) electrons. The minimum atomic E-state index is -5.05. The molecule has 0 saturated heterocycles. The molecule has 4 aliphatic heterocycles. The molecule has 0 aromatic heterocycles. The first-order valence-electron chi connectivity index (χ1n) is 16.8. The quantitative estimate of drug-likeness (QED) is 0.157. The normalized spacial score (nSPS) is 17.8. The number of Topliss-reactive ketones (excluding diaryl/α,β-unsaturated/α-hetero) is 2. The molecule has 0 unspecified atom stereocenters. The number of carbonyl (C=O) groups excluding carboxylic acids is 10. The summed E-state index contributed by atoms with van der Waals surface area (Å²) < 4.78 is 67.3. The van der Waals surface area contributed by atoms with Crippen molar-refractivity contribution < 1.29 is 73.9 Å². The molecule has 0 bridgehead atoms. The highest BCUT2D eigenvalue weighted by atomic mass is 32.2. The Balaban J connectivity index is 1.34. The molecule has 8 amide bonds. The summed E-state index contributed by atoms with van der Waals surface area (Å²) in [7, 11) is -10.1. The molecule has 296 valence electrons. The van der Waals surface area contributed by atoms with Crippen molar-refractivity contribution in [3.63, 3.8) is 0 Å². The number of amides is 8. The molecule has 0 spiro atoms. The van der Waals surface area contributed by atoms with Crippen molar-refractivity contribution in [3.05, 3.63) is 152 Å². The molecular weight excluding hydrogens is 833 g/mol. The zero-order valence-corrected chi connectivity index (χ0v) is 30.9. The Hall–Kier alpha value is -7.92. The standard InChI is InChI=1S/C38H16N4O16S2/c43-29-25(39-31(45)17-5-1-2-6-18(17)32(39)46)26(40-33(47)19-7-3-4-8-20(19)34(40)48)30(44)28(42-36(50)22-12-10-16(60(56,57)58)14-24(22)38(42)52)27(29)41-35(49)21-11-9-15(59(53,54)55)13-23(21)37(41)51/h1-14H,(H,53,54,55)(H,56,57,58). The lowest BCUT2D eigenvalue weighted by Gasteiger charge is -2.34. The molecule has 0 fully saturated rings. The van der Waals surface area contributed by atoms with E-state index in [9.17, 15) is 64.3 Å². The van der Waals surface area contributed by atoms with Gasteiger partial charge in [0.2, 0.25) is 11.6 Å². The van der Waals surface area contributed by atoms with Gasteiger partial charge in [0.05, 0.1) is 54.3 Å². The van der Waals surface area contributed by atoms with Gasteiger partial charge < -0.3 is 0 Å². The van der Waals surface area contributed by atoms with Crippen LogP contribution in [0.15, 0.2) is 118 Å². The number of benzene rings is 4. The fraction of sp³-hybridized carbons (Fsp3) is 0. The van der Waals surface area contributed by atoms with Crippen LogP contribution >= 0.6 is 0 Å². The van der Waals surface area contributed by atoms with Crippen molar-refractivity contribution in [1.82, 2.24) is 19.6 Å². The zero-order valence-electron chi connectivity index (χ0n) is 29.3. The van der Waals surface area contributed by atoms with Gasteiger partial charge in [0, 0.05) is 0 Å². The summed E-state index contributed by atoms with van der Waals surface area (Å²) in [6, 6.07) is 13.9. The van der Waals surface area contributed by atoms with Crippen LogP contribution in [0.5, 0.6) is 0 Å². The Kier molecular flexibility index (Phi) is 7.71. The third-order valence-electron chi connectivity index (χ3n) is 10.1. The van der Waals surface area contributed by atoms with Gasteiger partial charge in [-0.25, -0.2) is 19.6 Å². The van der Waals surface area contributed by atoms with Crippen LogP contribution in [-0.4, -0.2) is 104 Å². The summed E-state index contributed by atoms with van der Waals surface area (Å²) in [5.41, 5.74) is -10.1. The first-order valence-corrected chi connectivity index (χ1v) is 19.7. The van der Waals surface area contributed by atoms with E-state index in [0.717, 1.165) is 36.4 Å². The van der Waals surface area contributed by atoms with Crippen molar-refractivity contribution in [1.29, 1.82) is 0 Å². The molecule has 4 aromatic rings. The molecule has 9 rings (SSSR count). The first kappa shape index (κ1) is 37.6. The lowest BCUT2D eigenvalue weighted by Crippen LogP contribution is -2.51. The second kappa shape index (κ2) is 12.3.